The Kier molecular flexibility index (Phi) is 3.78. The Balaban J connectivity index is 2.20. The van der Waals surface area contributed by atoms with Crippen molar-refractivity contribution in [2.45, 2.75) is 6.42 Å². The van der Waals surface area contributed by atoms with Gasteiger partial charge < -0.3 is 0 Å². The van der Waals surface area contributed by atoms with Gasteiger partial charge in [0.1, 0.15) is 0 Å². The molecule has 0 atom stereocenters. The molecule has 0 heterocycles. The largest absolute Gasteiger partial charge is 0.232 e. The fourth-order valence-electron chi connectivity index (χ4n) is 1.61. The minimum Gasteiger partial charge on any atom is -0.232 e. The Labute approximate surface area is 101 Å². The molecule has 0 radical (unpaired) electrons. The third-order valence-corrected chi connectivity index (χ3v) is 2.63. The third-order valence-electron chi connectivity index (χ3n) is 2.47. The van der Waals surface area contributed by atoms with Crippen LogP contribution in [0.2, 0.25) is 0 Å². The van der Waals surface area contributed by atoms with Gasteiger partial charge in [0, 0.05) is 12.6 Å². The SMILES string of the molecule is SN=CCc1ccc(-c2ccccc2)cc1. The molecule has 16 heavy (non-hydrogen) atoms. The van der Waals surface area contributed by atoms with E-state index in [4.69, 9.17) is 0 Å². The molecular weight excluding hydrogens is 214 g/mol. The lowest BCUT2D eigenvalue weighted by atomic mass is 10.0. The van der Waals surface area contributed by atoms with Gasteiger partial charge in [0.15, 0.2) is 0 Å². The molecule has 0 bridgehead atoms. The van der Waals surface area contributed by atoms with Crippen LogP contribution in [0.15, 0.2) is 59.0 Å². The van der Waals surface area contributed by atoms with E-state index in [2.05, 4.69) is 65.7 Å². The second kappa shape index (κ2) is 5.52. The zero-order valence-corrected chi connectivity index (χ0v) is 9.77. The van der Waals surface area contributed by atoms with Gasteiger partial charge in [0.25, 0.3) is 0 Å². The highest BCUT2D eigenvalue weighted by molar-refractivity contribution is 7.78. The van der Waals surface area contributed by atoms with Crippen LogP contribution in [0.5, 0.6) is 0 Å². The summed E-state index contributed by atoms with van der Waals surface area (Å²) in [4.78, 5) is 0. The molecule has 0 fully saturated rings. The Morgan fingerprint density at radius 1 is 0.875 bits per heavy atom. The Morgan fingerprint density at radius 3 is 2.12 bits per heavy atom. The highest BCUT2D eigenvalue weighted by Gasteiger charge is 1.96. The summed E-state index contributed by atoms with van der Waals surface area (Å²) < 4.78 is 3.68. The first-order valence-corrected chi connectivity index (χ1v) is 5.60. The zero-order valence-electron chi connectivity index (χ0n) is 8.88. The molecule has 0 saturated heterocycles. The lowest BCUT2D eigenvalue weighted by molar-refractivity contribution is 1.36. The van der Waals surface area contributed by atoms with Crippen molar-refractivity contribution < 1.29 is 0 Å². The van der Waals surface area contributed by atoms with Crippen LogP contribution in [0.3, 0.4) is 0 Å². The molecule has 0 aliphatic rings. The lowest BCUT2D eigenvalue weighted by Crippen LogP contribution is -1.85. The maximum Gasteiger partial charge on any atom is 0.0167 e. The molecule has 2 heteroatoms. The average Bonchev–Trinajstić information content (AvgIpc) is 2.38. The van der Waals surface area contributed by atoms with Gasteiger partial charge in [0.05, 0.1) is 0 Å². The van der Waals surface area contributed by atoms with E-state index in [0.29, 0.717) is 0 Å². The first-order chi connectivity index (χ1) is 7.90. The van der Waals surface area contributed by atoms with E-state index >= 15 is 0 Å². The van der Waals surface area contributed by atoms with E-state index in [0.717, 1.165) is 6.42 Å². The Hall–Kier alpha value is -1.54. The normalized spacial score (nSPS) is 10.8. The van der Waals surface area contributed by atoms with Crippen LogP contribution in [0.25, 0.3) is 11.1 Å². The number of rotatable bonds is 3. The van der Waals surface area contributed by atoms with Gasteiger partial charge in [-0.1, -0.05) is 54.6 Å². The number of thiol groups is 1. The molecule has 0 unspecified atom stereocenters. The molecule has 2 aromatic rings. The van der Waals surface area contributed by atoms with Crippen molar-refractivity contribution in [2.24, 2.45) is 4.40 Å². The first-order valence-electron chi connectivity index (χ1n) is 5.20. The van der Waals surface area contributed by atoms with E-state index in [-0.39, 0.29) is 0 Å². The van der Waals surface area contributed by atoms with E-state index in [1.807, 2.05) is 6.07 Å². The molecule has 0 N–H and O–H groups in total. The summed E-state index contributed by atoms with van der Waals surface area (Å²) in [5.41, 5.74) is 3.74. The van der Waals surface area contributed by atoms with Crippen LogP contribution >= 0.6 is 12.8 Å². The van der Waals surface area contributed by atoms with Crippen molar-refractivity contribution in [3.8, 4) is 11.1 Å². The van der Waals surface area contributed by atoms with Crippen molar-refractivity contribution >= 4 is 19.0 Å². The number of hydrogen-bond acceptors (Lipinski definition) is 2. The summed E-state index contributed by atoms with van der Waals surface area (Å²) in [5, 5.41) is 0. The van der Waals surface area contributed by atoms with Gasteiger partial charge >= 0.3 is 0 Å². The molecule has 0 spiro atoms. The van der Waals surface area contributed by atoms with Crippen LogP contribution in [0.4, 0.5) is 0 Å². The summed E-state index contributed by atoms with van der Waals surface area (Å²) >= 11 is 3.80. The van der Waals surface area contributed by atoms with Gasteiger partial charge in [-0.25, -0.2) is 4.40 Å². The first kappa shape index (κ1) is 11.0. The lowest BCUT2D eigenvalue weighted by Gasteiger charge is -2.02. The maximum atomic E-state index is 3.80. The molecular formula is C14H13NS. The molecule has 2 rings (SSSR count). The van der Waals surface area contributed by atoms with Crippen molar-refractivity contribution in [3.63, 3.8) is 0 Å². The molecule has 0 amide bonds. The predicted molar refractivity (Wildman–Crippen MR) is 73.1 cm³/mol. The van der Waals surface area contributed by atoms with E-state index < -0.39 is 0 Å². The van der Waals surface area contributed by atoms with Gasteiger partial charge in [0.2, 0.25) is 0 Å². The second-order valence-corrected chi connectivity index (χ2v) is 3.80. The van der Waals surface area contributed by atoms with Crippen LogP contribution < -0.4 is 0 Å². The minimum atomic E-state index is 0.832. The molecule has 80 valence electrons. The number of hydrogen-bond donors (Lipinski definition) is 1. The van der Waals surface area contributed by atoms with Gasteiger partial charge in [-0.3, -0.25) is 0 Å². The molecule has 0 aliphatic carbocycles. The third kappa shape index (κ3) is 2.74. The molecule has 1 nitrogen and oxygen atoms in total. The summed E-state index contributed by atoms with van der Waals surface area (Å²) in [6, 6.07) is 18.9. The molecule has 2 aromatic carbocycles. The second-order valence-electron chi connectivity index (χ2n) is 3.57. The predicted octanol–water partition coefficient (Wildman–Crippen LogP) is 3.81. The number of benzene rings is 2. The Bertz CT molecular complexity index is 460. The van der Waals surface area contributed by atoms with E-state index in [1.54, 1.807) is 6.21 Å². The monoisotopic (exact) mass is 227 g/mol. The van der Waals surface area contributed by atoms with Crippen LogP contribution in [-0.4, -0.2) is 6.21 Å². The quantitative estimate of drug-likeness (QED) is 0.604. The minimum absolute atomic E-state index is 0.832. The van der Waals surface area contributed by atoms with Gasteiger partial charge in [-0.2, -0.15) is 0 Å². The van der Waals surface area contributed by atoms with Gasteiger partial charge in [-0.05, 0) is 29.5 Å². The Morgan fingerprint density at radius 2 is 1.50 bits per heavy atom. The van der Waals surface area contributed by atoms with Crippen molar-refractivity contribution in [1.29, 1.82) is 0 Å². The van der Waals surface area contributed by atoms with E-state index in [9.17, 15) is 0 Å². The molecule has 0 aromatic heterocycles. The maximum absolute atomic E-state index is 3.80. The van der Waals surface area contributed by atoms with Crippen LogP contribution in [0.1, 0.15) is 5.56 Å². The topological polar surface area (TPSA) is 12.4 Å². The summed E-state index contributed by atoms with van der Waals surface area (Å²) in [6.07, 6.45) is 2.62. The fraction of sp³-hybridized carbons (Fsp3) is 0.0714. The molecule has 0 saturated carbocycles. The van der Waals surface area contributed by atoms with Crippen LogP contribution in [-0.2, 0) is 6.42 Å². The highest BCUT2D eigenvalue weighted by Crippen LogP contribution is 2.19. The van der Waals surface area contributed by atoms with Crippen molar-refractivity contribution in [1.82, 2.24) is 0 Å². The van der Waals surface area contributed by atoms with E-state index in [1.165, 1.54) is 16.7 Å². The summed E-state index contributed by atoms with van der Waals surface area (Å²) in [6.45, 7) is 0. The zero-order chi connectivity index (χ0) is 11.2. The fourth-order valence-corrected chi connectivity index (χ4v) is 1.69. The molecule has 0 aliphatic heterocycles. The average molecular weight is 227 g/mol. The summed E-state index contributed by atoms with van der Waals surface area (Å²) in [5.74, 6) is 0. The highest BCUT2D eigenvalue weighted by atomic mass is 32.1. The standard InChI is InChI=1S/C14H13NS/c16-15-11-10-12-6-8-14(9-7-12)13-4-2-1-3-5-13/h1-9,11,16H,10H2. The smallest absolute Gasteiger partial charge is 0.0167 e. The van der Waals surface area contributed by atoms with Crippen molar-refractivity contribution in [3.05, 3.63) is 60.2 Å². The summed E-state index contributed by atoms with van der Waals surface area (Å²) in [7, 11) is 0. The van der Waals surface area contributed by atoms with Gasteiger partial charge in [-0.15, -0.1) is 0 Å². The van der Waals surface area contributed by atoms with Crippen molar-refractivity contribution in [2.75, 3.05) is 0 Å². The van der Waals surface area contributed by atoms with Crippen LogP contribution in [0, 0.1) is 0 Å². The number of nitrogens with zero attached hydrogens (tertiary/aromatic N) is 1.